The van der Waals surface area contributed by atoms with E-state index >= 15 is 0 Å². The zero-order valence-electron chi connectivity index (χ0n) is 17.1. The molecule has 0 aliphatic carbocycles. The molecule has 7 heteroatoms. The molecule has 2 unspecified atom stereocenters. The molecule has 2 bridgehead atoms. The smallest absolute Gasteiger partial charge is 0.416 e. The van der Waals surface area contributed by atoms with Crippen LogP contribution in [0.25, 0.3) is 0 Å². The molecule has 3 rings (SSSR count). The summed E-state index contributed by atoms with van der Waals surface area (Å²) in [4.78, 5) is 27.3. The van der Waals surface area contributed by atoms with Crippen molar-refractivity contribution in [3.05, 3.63) is 35.4 Å². The minimum absolute atomic E-state index is 0.0149. The molecule has 0 saturated carbocycles. The Balaban J connectivity index is 1.64. The SMILES string of the molecule is CC(C)(C)OC(=O)N1C2CCCC1CC(C(=O)Cc1ccc(C(F)(F)F)cc1)C2. The zero-order chi connectivity index (χ0) is 21.4. The molecule has 2 atom stereocenters. The number of Topliss-reactive ketones (excluding diaryl/α,β-unsaturated/α-hetero) is 1. The lowest BCUT2D eigenvalue weighted by atomic mass is 9.76. The standard InChI is InChI=1S/C22H28F3NO3/c1-21(2,3)29-20(28)26-17-5-4-6-18(26)13-15(12-17)19(27)11-14-7-9-16(10-8-14)22(23,24)25/h7-10,15,17-18H,4-6,11-13H2,1-3H3. The van der Waals surface area contributed by atoms with E-state index < -0.39 is 17.3 Å². The van der Waals surface area contributed by atoms with Gasteiger partial charge in [-0.2, -0.15) is 13.2 Å². The molecule has 0 radical (unpaired) electrons. The molecule has 2 aliphatic heterocycles. The van der Waals surface area contributed by atoms with Crippen LogP contribution in [0.1, 0.15) is 64.0 Å². The minimum atomic E-state index is -4.38. The molecule has 2 heterocycles. The number of ketones is 1. The highest BCUT2D eigenvalue weighted by atomic mass is 19.4. The number of benzene rings is 1. The molecule has 0 N–H and O–H groups in total. The van der Waals surface area contributed by atoms with Crippen LogP contribution in [0.3, 0.4) is 0 Å². The topological polar surface area (TPSA) is 46.6 Å². The number of amides is 1. The van der Waals surface area contributed by atoms with Crippen LogP contribution in [0.15, 0.2) is 24.3 Å². The van der Waals surface area contributed by atoms with Crippen molar-refractivity contribution in [2.75, 3.05) is 0 Å². The van der Waals surface area contributed by atoms with Crippen LogP contribution in [0, 0.1) is 5.92 Å². The van der Waals surface area contributed by atoms with E-state index in [0.29, 0.717) is 18.4 Å². The normalized spacial score (nSPS) is 24.9. The Bertz CT molecular complexity index is 738. The number of ether oxygens (including phenoxy) is 1. The first-order valence-corrected chi connectivity index (χ1v) is 10.1. The Hall–Kier alpha value is -2.05. The van der Waals surface area contributed by atoms with E-state index in [-0.39, 0.29) is 36.3 Å². The van der Waals surface area contributed by atoms with Crippen LogP contribution < -0.4 is 0 Å². The average molecular weight is 411 g/mol. The number of hydrogen-bond donors (Lipinski definition) is 0. The third-order valence-electron chi connectivity index (χ3n) is 5.69. The fourth-order valence-electron chi connectivity index (χ4n) is 4.41. The Morgan fingerprint density at radius 3 is 2.07 bits per heavy atom. The Labute approximate surface area is 169 Å². The highest BCUT2D eigenvalue weighted by Gasteiger charge is 2.44. The lowest BCUT2D eigenvalue weighted by Crippen LogP contribution is -2.56. The summed E-state index contributed by atoms with van der Waals surface area (Å²) in [6.45, 7) is 5.50. The Kier molecular flexibility index (Phi) is 5.97. The third kappa shape index (κ3) is 5.31. The molecule has 2 saturated heterocycles. The predicted molar refractivity (Wildman–Crippen MR) is 102 cm³/mol. The Morgan fingerprint density at radius 2 is 1.59 bits per heavy atom. The summed E-state index contributed by atoms with van der Waals surface area (Å²) < 4.78 is 43.7. The first-order chi connectivity index (χ1) is 13.4. The first kappa shape index (κ1) is 21.7. The van der Waals surface area contributed by atoms with E-state index in [1.165, 1.54) is 12.1 Å². The van der Waals surface area contributed by atoms with Crippen molar-refractivity contribution in [2.24, 2.45) is 5.92 Å². The molecule has 4 nitrogen and oxygen atoms in total. The van der Waals surface area contributed by atoms with Crippen molar-refractivity contribution < 1.29 is 27.5 Å². The number of hydrogen-bond acceptors (Lipinski definition) is 3. The number of carbonyl (C=O) groups excluding carboxylic acids is 2. The molecule has 0 aromatic heterocycles. The fourth-order valence-corrected chi connectivity index (χ4v) is 4.41. The van der Waals surface area contributed by atoms with Crippen molar-refractivity contribution in [1.82, 2.24) is 4.90 Å². The molecule has 0 spiro atoms. The predicted octanol–water partition coefficient (Wildman–Crippen LogP) is 5.39. The fraction of sp³-hybridized carbons (Fsp3) is 0.636. The average Bonchev–Trinajstić information content (AvgIpc) is 2.58. The highest BCUT2D eigenvalue weighted by Crippen LogP contribution is 2.38. The van der Waals surface area contributed by atoms with Gasteiger partial charge in [-0.25, -0.2) is 4.79 Å². The van der Waals surface area contributed by atoms with Crippen LogP contribution in [0.5, 0.6) is 0 Å². The minimum Gasteiger partial charge on any atom is -0.444 e. The molecule has 160 valence electrons. The van der Waals surface area contributed by atoms with Crippen molar-refractivity contribution in [2.45, 2.75) is 83.2 Å². The summed E-state index contributed by atoms with van der Waals surface area (Å²) in [6, 6.07) is 4.75. The van der Waals surface area contributed by atoms with E-state index in [1.54, 1.807) is 0 Å². The summed E-state index contributed by atoms with van der Waals surface area (Å²) in [5.74, 6) is -0.142. The van der Waals surface area contributed by atoms with Gasteiger partial charge >= 0.3 is 12.3 Å². The summed E-state index contributed by atoms with van der Waals surface area (Å²) in [5.41, 5.74) is -0.697. The maximum Gasteiger partial charge on any atom is 0.416 e. The van der Waals surface area contributed by atoms with E-state index in [1.807, 2.05) is 25.7 Å². The van der Waals surface area contributed by atoms with E-state index in [2.05, 4.69) is 0 Å². The van der Waals surface area contributed by atoms with Crippen molar-refractivity contribution in [3.63, 3.8) is 0 Å². The van der Waals surface area contributed by atoms with Crippen LogP contribution in [-0.2, 0) is 22.1 Å². The van der Waals surface area contributed by atoms with Gasteiger partial charge in [-0.1, -0.05) is 12.1 Å². The number of rotatable bonds is 3. The number of fused-ring (bicyclic) bond motifs is 2. The second kappa shape index (κ2) is 8.00. The van der Waals surface area contributed by atoms with Gasteiger partial charge in [0.25, 0.3) is 0 Å². The van der Waals surface area contributed by atoms with Crippen LogP contribution in [0.2, 0.25) is 0 Å². The maximum absolute atomic E-state index is 12.8. The van der Waals surface area contributed by atoms with Crippen molar-refractivity contribution in [1.29, 1.82) is 0 Å². The summed E-state index contributed by atoms with van der Waals surface area (Å²) >= 11 is 0. The maximum atomic E-state index is 12.8. The molecule has 1 aromatic rings. The highest BCUT2D eigenvalue weighted by molar-refractivity contribution is 5.84. The van der Waals surface area contributed by atoms with Gasteiger partial charge in [0.15, 0.2) is 0 Å². The summed E-state index contributed by atoms with van der Waals surface area (Å²) in [5, 5.41) is 0. The monoisotopic (exact) mass is 411 g/mol. The van der Waals surface area contributed by atoms with Gasteiger partial charge in [-0.15, -0.1) is 0 Å². The molecule has 1 amide bonds. The van der Waals surface area contributed by atoms with E-state index in [9.17, 15) is 22.8 Å². The molecule has 2 aliphatic rings. The zero-order valence-corrected chi connectivity index (χ0v) is 17.1. The van der Waals surface area contributed by atoms with Gasteiger partial charge in [-0.05, 0) is 70.6 Å². The van der Waals surface area contributed by atoms with Gasteiger partial charge in [0.2, 0.25) is 0 Å². The number of piperidine rings is 2. The molecule has 1 aromatic carbocycles. The first-order valence-electron chi connectivity index (χ1n) is 10.1. The second-order valence-corrected chi connectivity index (χ2v) is 9.13. The van der Waals surface area contributed by atoms with Crippen LogP contribution >= 0.6 is 0 Å². The molecule has 29 heavy (non-hydrogen) atoms. The Morgan fingerprint density at radius 1 is 1.03 bits per heavy atom. The second-order valence-electron chi connectivity index (χ2n) is 9.13. The number of alkyl halides is 3. The van der Waals surface area contributed by atoms with Gasteiger partial charge in [0.1, 0.15) is 11.4 Å². The van der Waals surface area contributed by atoms with Crippen LogP contribution in [0.4, 0.5) is 18.0 Å². The summed E-state index contributed by atoms with van der Waals surface area (Å²) in [6.07, 6.45) is -0.678. The number of nitrogens with zero attached hydrogens (tertiary/aromatic N) is 1. The summed E-state index contributed by atoms with van der Waals surface area (Å²) in [7, 11) is 0. The van der Waals surface area contributed by atoms with Gasteiger partial charge < -0.3 is 9.64 Å². The molecular weight excluding hydrogens is 383 g/mol. The number of carbonyl (C=O) groups is 2. The lowest BCUT2D eigenvalue weighted by Gasteiger charge is -2.48. The quantitative estimate of drug-likeness (QED) is 0.670. The van der Waals surface area contributed by atoms with Crippen molar-refractivity contribution >= 4 is 11.9 Å². The van der Waals surface area contributed by atoms with Crippen LogP contribution in [-0.4, -0.2) is 34.5 Å². The van der Waals surface area contributed by atoms with Gasteiger partial charge in [0, 0.05) is 24.4 Å². The van der Waals surface area contributed by atoms with Crippen molar-refractivity contribution in [3.8, 4) is 0 Å². The largest absolute Gasteiger partial charge is 0.444 e. The van der Waals surface area contributed by atoms with Gasteiger partial charge in [-0.3, -0.25) is 4.79 Å². The van der Waals surface area contributed by atoms with Gasteiger partial charge in [0.05, 0.1) is 5.56 Å². The molecular formula is C22H28F3NO3. The van der Waals surface area contributed by atoms with E-state index in [4.69, 9.17) is 4.74 Å². The van der Waals surface area contributed by atoms with E-state index in [0.717, 1.165) is 31.4 Å². The number of halogens is 3. The third-order valence-corrected chi connectivity index (χ3v) is 5.69. The lowest BCUT2D eigenvalue weighted by molar-refractivity contribution is -0.137. The molecule has 2 fully saturated rings.